The third-order valence-corrected chi connectivity index (χ3v) is 1.75. The Labute approximate surface area is 64.9 Å². The minimum atomic E-state index is 0.888. The van der Waals surface area contributed by atoms with Crippen LogP contribution in [0, 0.1) is 12.3 Å². The van der Waals surface area contributed by atoms with Crippen LogP contribution >= 0.6 is 11.8 Å². The molecule has 0 amide bonds. The molecular formula is C8H7NS. The highest BCUT2D eigenvalue weighted by molar-refractivity contribution is 7.98. The molecule has 0 fully saturated rings. The fourth-order valence-corrected chi connectivity index (χ4v) is 1.02. The SMILES string of the molecule is C#Cc1ccnc(SC)c1. The van der Waals surface area contributed by atoms with Gasteiger partial charge in [-0.25, -0.2) is 4.98 Å². The fourth-order valence-electron chi connectivity index (χ4n) is 0.611. The largest absolute Gasteiger partial charge is 0.250 e. The summed E-state index contributed by atoms with van der Waals surface area (Å²) in [5.74, 6) is 2.55. The molecule has 0 spiro atoms. The predicted molar refractivity (Wildman–Crippen MR) is 44.0 cm³/mol. The zero-order valence-corrected chi connectivity index (χ0v) is 6.48. The van der Waals surface area contributed by atoms with Crippen LogP contribution in [0.1, 0.15) is 5.56 Å². The Morgan fingerprint density at radius 3 is 3.10 bits per heavy atom. The molecule has 0 aliphatic rings. The Balaban J connectivity index is 3.01. The number of nitrogens with zero attached hydrogens (tertiary/aromatic N) is 1. The summed E-state index contributed by atoms with van der Waals surface area (Å²) in [5, 5.41) is 0.968. The molecule has 1 nitrogen and oxygen atoms in total. The van der Waals surface area contributed by atoms with Crippen LogP contribution in [0.15, 0.2) is 23.4 Å². The fraction of sp³-hybridized carbons (Fsp3) is 0.125. The molecule has 0 bridgehead atoms. The molecule has 0 aliphatic carbocycles. The van der Waals surface area contributed by atoms with Crippen LogP contribution in [-0.2, 0) is 0 Å². The molecule has 0 aromatic carbocycles. The minimum absolute atomic E-state index is 0.888. The quantitative estimate of drug-likeness (QED) is 0.446. The molecule has 0 radical (unpaired) electrons. The molecule has 2 heteroatoms. The van der Waals surface area contributed by atoms with E-state index in [0.29, 0.717) is 0 Å². The predicted octanol–water partition coefficient (Wildman–Crippen LogP) is 1.78. The summed E-state index contributed by atoms with van der Waals surface area (Å²) in [6.45, 7) is 0. The van der Waals surface area contributed by atoms with Crippen molar-refractivity contribution in [2.24, 2.45) is 0 Å². The van der Waals surface area contributed by atoms with Crippen molar-refractivity contribution in [3.8, 4) is 12.3 Å². The van der Waals surface area contributed by atoms with E-state index < -0.39 is 0 Å². The molecule has 1 rings (SSSR count). The molecule has 0 N–H and O–H groups in total. The van der Waals surface area contributed by atoms with Crippen molar-refractivity contribution in [3.05, 3.63) is 23.9 Å². The van der Waals surface area contributed by atoms with E-state index in [1.807, 2.05) is 18.4 Å². The second-order valence-corrected chi connectivity index (χ2v) is 2.56. The second-order valence-electron chi connectivity index (χ2n) is 1.73. The van der Waals surface area contributed by atoms with Gasteiger partial charge in [0.1, 0.15) is 0 Å². The number of rotatable bonds is 1. The first kappa shape index (κ1) is 7.17. The topological polar surface area (TPSA) is 12.9 Å². The molecule has 0 unspecified atom stereocenters. The second kappa shape index (κ2) is 3.28. The summed E-state index contributed by atoms with van der Waals surface area (Å²) in [5.41, 5.74) is 0.888. The molecule has 0 atom stereocenters. The summed E-state index contributed by atoms with van der Waals surface area (Å²) in [6.07, 6.45) is 8.88. The van der Waals surface area contributed by atoms with Crippen LogP contribution in [0.4, 0.5) is 0 Å². The van der Waals surface area contributed by atoms with Gasteiger partial charge in [-0.3, -0.25) is 0 Å². The Morgan fingerprint density at radius 1 is 1.70 bits per heavy atom. The standard InChI is InChI=1S/C8H7NS/c1-3-7-4-5-9-8(6-7)10-2/h1,4-6H,2H3. The number of aromatic nitrogens is 1. The van der Waals surface area contributed by atoms with E-state index in [4.69, 9.17) is 6.42 Å². The van der Waals surface area contributed by atoms with Gasteiger partial charge >= 0.3 is 0 Å². The van der Waals surface area contributed by atoms with Crippen molar-refractivity contribution in [2.45, 2.75) is 5.03 Å². The van der Waals surface area contributed by atoms with Crippen LogP contribution in [0.2, 0.25) is 0 Å². The van der Waals surface area contributed by atoms with E-state index >= 15 is 0 Å². The lowest BCUT2D eigenvalue weighted by atomic mass is 10.3. The summed E-state index contributed by atoms with van der Waals surface area (Å²) < 4.78 is 0. The minimum Gasteiger partial charge on any atom is -0.250 e. The summed E-state index contributed by atoms with van der Waals surface area (Å²) in [6, 6.07) is 3.71. The van der Waals surface area contributed by atoms with E-state index in [9.17, 15) is 0 Å². The highest BCUT2D eigenvalue weighted by Gasteiger charge is 1.90. The highest BCUT2D eigenvalue weighted by Crippen LogP contribution is 2.11. The van der Waals surface area contributed by atoms with E-state index in [0.717, 1.165) is 10.6 Å². The molecule has 10 heavy (non-hydrogen) atoms. The Kier molecular flexibility index (Phi) is 2.35. The normalized spacial score (nSPS) is 8.80. The van der Waals surface area contributed by atoms with Crippen LogP contribution in [-0.4, -0.2) is 11.2 Å². The first-order valence-corrected chi connectivity index (χ1v) is 4.06. The third kappa shape index (κ3) is 1.52. The number of terminal acetylenes is 1. The van der Waals surface area contributed by atoms with Crippen LogP contribution in [0.25, 0.3) is 0 Å². The molecule has 50 valence electrons. The van der Waals surface area contributed by atoms with Crippen molar-refractivity contribution in [1.82, 2.24) is 4.98 Å². The van der Waals surface area contributed by atoms with E-state index in [-0.39, 0.29) is 0 Å². The van der Waals surface area contributed by atoms with E-state index in [2.05, 4.69) is 10.9 Å². The Morgan fingerprint density at radius 2 is 2.50 bits per heavy atom. The first-order valence-electron chi connectivity index (χ1n) is 2.83. The van der Waals surface area contributed by atoms with Gasteiger partial charge in [-0.05, 0) is 18.4 Å². The number of pyridine rings is 1. The van der Waals surface area contributed by atoms with Gasteiger partial charge in [-0.2, -0.15) is 0 Å². The maximum absolute atomic E-state index is 5.19. The van der Waals surface area contributed by atoms with Gasteiger partial charge in [0.2, 0.25) is 0 Å². The lowest BCUT2D eigenvalue weighted by Crippen LogP contribution is -1.79. The van der Waals surface area contributed by atoms with Crippen molar-refractivity contribution in [1.29, 1.82) is 0 Å². The van der Waals surface area contributed by atoms with Gasteiger partial charge < -0.3 is 0 Å². The van der Waals surface area contributed by atoms with Gasteiger partial charge in [0.05, 0.1) is 5.03 Å². The average molecular weight is 149 g/mol. The Hall–Kier alpha value is -0.940. The van der Waals surface area contributed by atoms with Gasteiger partial charge in [0.15, 0.2) is 0 Å². The van der Waals surface area contributed by atoms with Gasteiger partial charge in [0.25, 0.3) is 0 Å². The highest BCUT2D eigenvalue weighted by atomic mass is 32.2. The number of hydrogen-bond donors (Lipinski definition) is 0. The number of thioether (sulfide) groups is 1. The van der Waals surface area contributed by atoms with Gasteiger partial charge in [-0.15, -0.1) is 18.2 Å². The van der Waals surface area contributed by atoms with E-state index in [1.165, 1.54) is 0 Å². The first-order chi connectivity index (χ1) is 4.86. The molecular weight excluding hydrogens is 142 g/mol. The third-order valence-electron chi connectivity index (χ3n) is 1.11. The maximum Gasteiger partial charge on any atom is 0.0969 e. The molecule has 0 aliphatic heterocycles. The van der Waals surface area contributed by atoms with Crippen molar-refractivity contribution in [3.63, 3.8) is 0 Å². The van der Waals surface area contributed by atoms with Crippen molar-refractivity contribution >= 4 is 11.8 Å². The smallest absolute Gasteiger partial charge is 0.0969 e. The van der Waals surface area contributed by atoms with Crippen LogP contribution in [0.3, 0.4) is 0 Å². The summed E-state index contributed by atoms with van der Waals surface area (Å²) >= 11 is 1.59. The maximum atomic E-state index is 5.19. The monoisotopic (exact) mass is 149 g/mol. The lowest BCUT2D eigenvalue weighted by Gasteiger charge is -1.93. The zero-order valence-electron chi connectivity index (χ0n) is 5.66. The average Bonchev–Trinajstić information content (AvgIpc) is 2.05. The molecule has 1 aromatic rings. The number of hydrogen-bond acceptors (Lipinski definition) is 2. The van der Waals surface area contributed by atoms with E-state index in [1.54, 1.807) is 18.0 Å². The summed E-state index contributed by atoms with van der Waals surface area (Å²) in [4.78, 5) is 4.07. The van der Waals surface area contributed by atoms with Gasteiger partial charge in [0, 0.05) is 11.8 Å². The molecule has 1 aromatic heterocycles. The van der Waals surface area contributed by atoms with Crippen molar-refractivity contribution in [2.75, 3.05) is 6.26 Å². The molecule has 1 heterocycles. The zero-order chi connectivity index (χ0) is 7.40. The van der Waals surface area contributed by atoms with Crippen LogP contribution < -0.4 is 0 Å². The van der Waals surface area contributed by atoms with Crippen LogP contribution in [0.5, 0.6) is 0 Å². The summed E-state index contributed by atoms with van der Waals surface area (Å²) in [7, 11) is 0. The Bertz CT molecular complexity index is 262. The molecule has 0 saturated carbocycles. The van der Waals surface area contributed by atoms with Crippen molar-refractivity contribution < 1.29 is 0 Å². The lowest BCUT2D eigenvalue weighted by molar-refractivity contribution is 1.13. The van der Waals surface area contributed by atoms with Gasteiger partial charge in [-0.1, -0.05) is 5.92 Å². The molecule has 0 saturated heterocycles.